The van der Waals surface area contributed by atoms with E-state index >= 15 is 0 Å². The minimum atomic E-state index is -3.10. The lowest BCUT2D eigenvalue weighted by molar-refractivity contribution is -0.0507. The number of hydrogen-bond acceptors (Lipinski definition) is 6. The monoisotopic (exact) mass is 512 g/mol. The average Bonchev–Trinajstić information content (AvgIpc) is 3.37. The molecule has 3 aliphatic rings. The fraction of sp³-hybridized carbons (Fsp3) is 0.458. The number of hydrogen-bond donors (Lipinski definition) is 0. The predicted molar refractivity (Wildman–Crippen MR) is 138 cm³/mol. The summed E-state index contributed by atoms with van der Waals surface area (Å²) in [5, 5.41) is -2.05. The molecule has 2 bridgehead atoms. The quantitative estimate of drug-likeness (QED) is 0.498. The molecule has 0 aliphatic carbocycles. The number of aromatic nitrogens is 3. The molecule has 8 nitrogen and oxygen atoms in total. The van der Waals surface area contributed by atoms with Crippen LogP contribution in [0.25, 0.3) is 11.2 Å². The fourth-order valence-electron chi connectivity index (χ4n) is 5.52. The van der Waals surface area contributed by atoms with Gasteiger partial charge in [0.1, 0.15) is 17.1 Å². The van der Waals surface area contributed by atoms with Gasteiger partial charge in [0, 0.05) is 17.5 Å². The lowest BCUT2D eigenvalue weighted by atomic mass is 9.48. The van der Waals surface area contributed by atoms with Crippen LogP contribution in [0.2, 0.25) is 0 Å². The first-order valence-electron chi connectivity index (χ1n) is 12.2. The number of halogens is 2. The number of imidazole rings is 1. The maximum Gasteiger partial charge on any atom is 0.514 e. The number of carbonyl (C=O) groups excluding carboxylic acids is 1. The van der Waals surface area contributed by atoms with Crippen molar-refractivity contribution < 1.29 is 27.6 Å². The highest BCUT2D eigenvalue weighted by atomic mass is 19.3. The first-order chi connectivity index (χ1) is 17.7. The van der Waals surface area contributed by atoms with Crippen LogP contribution in [0.5, 0.6) is 5.75 Å². The van der Waals surface area contributed by atoms with Crippen LogP contribution in [-0.2, 0) is 9.31 Å². The Morgan fingerprint density at radius 2 is 1.76 bits per heavy atom. The number of fused-ring (bicyclic) bond motifs is 9. The zero-order chi connectivity index (χ0) is 27.4. The maximum absolute atomic E-state index is 13.6. The molecule has 3 aromatic rings. The van der Waals surface area contributed by atoms with E-state index in [9.17, 15) is 13.6 Å². The molecule has 1 amide bonds. The minimum absolute atomic E-state index is 0.107. The number of carbonyl (C=O) groups is 1. The van der Waals surface area contributed by atoms with Gasteiger partial charge in [-0.1, -0.05) is 11.3 Å². The highest BCUT2D eigenvalue weighted by molar-refractivity contribution is 6.61. The molecule has 2 atom stereocenters. The summed E-state index contributed by atoms with van der Waals surface area (Å²) in [4.78, 5) is 24.4. The van der Waals surface area contributed by atoms with Gasteiger partial charge in [0.2, 0.25) is 0 Å². The molecule has 188 valence electrons. The van der Waals surface area contributed by atoms with E-state index in [0.717, 1.165) is 4.90 Å². The van der Waals surface area contributed by atoms with Crippen molar-refractivity contribution in [2.24, 2.45) is 0 Å². The van der Waals surface area contributed by atoms with Crippen LogP contribution < -0.4 is 10.3 Å². The Morgan fingerprint density at radius 1 is 1.08 bits per heavy atom. The van der Waals surface area contributed by atoms with Crippen molar-refractivity contribution in [1.29, 1.82) is 0 Å². The molecule has 3 aliphatic heterocycles. The first-order valence-corrected chi connectivity index (χ1v) is 12.2. The van der Waals surface area contributed by atoms with E-state index in [4.69, 9.17) is 47.6 Å². The van der Waals surface area contributed by atoms with E-state index in [1.54, 1.807) is 16.7 Å². The van der Waals surface area contributed by atoms with Gasteiger partial charge >= 0.3 is 13.7 Å². The van der Waals surface area contributed by atoms with Crippen LogP contribution >= 0.6 is 0 Å². The second-order valence-electron chi connectivity index (χ2n) is 10.9. The smallest absolute Gasteiger partial charge is 0.434 e. The summed E-state index contributed by atoms with van der Waals surface area (Å²) < 4.78 is 45.8. The molecule has 0 spiro atoms. The number of benzene rings is 1. The molecule has 14 heteroatoms. The Hall–Kier alpha value is -2.85. The van der Waals surface area contributed by atoms with Crippen molar-refractivity contribution in [3.63, 3.8) is 0 Å². The van der Waals surface area contributed by atoms with Gasteiger partial charge < -0.3 is 23.5 Å². The van der Waals surface area contributed by atoms with Crippen molar-refractivity contribution in [3.8, 4) is 5.75 Å². The third-order valence-electron chi connectivity index (χ3n) is 7.93. The first kappa shape index (κ1) is 25.4. The molecule has 6 radical (unpaired) electrons. The van der Waals surface area contributed by atoms with Gasteiger partial charge in [-0.05, 0) is 52.0 Å². The molecule has 1 aromatic carbocycles. The molecule has 1 fully saturated rings. The molecule has 6 rings (SSSR count). The van der Waals surface area contributed by atoms with Gasteiger partial charge in [-0.2, -0.15) is 8.78 Å². The number of pyridine rings is 1. The van der Waals surface area contributed by atoms with E-state index < -0.39 is 48.2 Å². The summed E-state index contributed by atoms with van der Waals surface area (Å²) in [6.07, 6.45) is 0.233. The van der Waals surface area contributed by atoms with Crippen LogP contribution in [0.15, 0.2) is 30.3 Å². The van der Waals surface area contributed by atoms with Crippen LogP contribution in [0, 0.1) is 0 Å². The summed E-state index contributed by atoms with van der Waals surface area (Å²) >= 11 is 0. The fourth-order valence-corrected chi connectivity index (χ4v) is 5.52. The van der Waals surface area contributed by atoms with Gasteiger partial charge in [-0.3, -0.25) is 4.79 Å². The average molecular weight is 512 g/mol. The van der Waals surface area contributed by atoms with Gasteiger partial charge in [-0.15, -0.1) is 0 Å². The largest absolute Gasteiger partial charge is 0.514 e. The summed E-state index contributed by atoms with van der Waals surface area (Å²) in [6, 6.07) is 6.52. The molecule has 38 heavy (non-hydrogen) atoms. The Kier molecular flexibility index (Phi) is 5.41. The highest BCUT2D eigenvalue weighted by Crippen LogP contribution is 2.51. The summed E-state index contributed by atoms with van der Waals surface area (Å²) in [5.74, 6) is -0.311. The molecule has 1 saturated heterocycles. The highest BCUT2D eigenvalue weighted by Gasteiger charge is 2.53. The second-order valence-corrected chi connectivity index (χ2v) is 10.9. The molecule has 0 unspecified atom stereocenters. The molecular weight excluding hydrogens is 490 g/mol. The van der Waals surface area contributed by atoms with E-state index in [1.165, 1.54) is 18.2 Å². The summed E-state index contributed by atoms with van der Waals surface area (Å²) in [5.41, 5.74) is 0.727. The van der Waals surface area contributed by atoms with Crippen LogP contribution in [-0.4, -0.2) is 79.0 Å². The van der Waals surface area contributed by atoms with Crippen LogP contribution in [0.1, 0.15) is 67.9 Å². The lowest BCUT2D eigenvalue weighted by Crippen LogP contribution is -2.54. The zero-order valence-corrected chi connectivity index (χ0v) is 21.3. The van der Waals surface area contributed by atoms with Crippen molar-refractivity contribution >= 4 is 53.3 Å². The van der Waals surface area contributed by atoms with Crippen molar-refractivity contribution in [2.45, 2.75) is 69.3 Å². The van der Waals surface area contributed by atoms with Crippen LogP contribution in [0.4, 0.5) is 8.78 Å². The molecule has 0 N–H and O–H groups in total. The standard InChI is InChI=1S/C24H22B4F2N4O4/c1-22(2)23(3,4)38-28(37-22)16-9-8-12-18(32-16)33-13-10-14(19(33)31-12)34(24(25,26)27)20(35)11-6-5-7-15(17(11)13)36-21(29)30/h5-9,13-14,21H,10H2,1-4H3/t13-,14-/m0/s1. The van der Waals surface area contributed by atoms with E-state index in [-0.39, 0.29) is 23.3 Å². The van der Waals surface area contributed by atoms with Crippen molar-refractivity contribution in [2.75, 3.05) is 0 Å². The van der Waals surface area contributed by atoms with Gasteiger partial charge in [0.15, 0.2) is 5.65 Å². The van der Waals surface area contributed by atoms with Crippen LogP contribution in [0.3, 0.4) is 0 Å². The van der Waals surface area contributed by atoms with Gasteiger partial charge in [0.25, 0.3) is 5.91 Å². The lowest BCUT2D eigenvalue weighted by Gasteiger charge is -2.41. The Balaban J connectivity index is 1.56. The van der Waals surface area contributed by atoms with E-state index in [1.807, 2.05) is 27.7 Å². The predicted octanol–water partition coefficient (Wildman–Crippen LogP) is 1.94. The molecule has 0 saturated carbocycles. The number of amides is 1. The minimum Gasteiger partial charge on any atom is -0.434 e. The van der Waals surface area contributed by atoms with Crippen molar-refractivity contribution in [3.05, 3.63) is 47.3 Å². The number of alkyl halides is 2. The SMILES string of the molecule is [B]C([B])([B])N1C(=O)c2cccc(OC(F)F)c2[C@@H]2C[C@H]1c1nc3ccc(B4OC(C)(C)C(C)(C)O4)nc3n12. The molecular formula is C24H22B4F2N4O4. The Labute approximate surface area is 222 Å². The normalized spacial score (nSPS) is 23.6. The third kappa shape index (κ3) is 3.63. The van der Waals surface area contributed by atoms with E-state index in [0.29, 0.717) is 22.6 Å². The Bertz CT molecular complexity index is 1460. The summed E-state index contributed by atoms with van der Waals surface area (Å²) in [7, 11) is 17.5. The molecule has 2 aromatic heterocycles. The number of rotatable bonds is 4. The van der Waals surface area contributed by atoms with E-state index in [2.05, 4.69) is 0 Å². The van der Waals surface area contributed by atoms with Gasteiger partial charge in [-0.25, -0.2) is 9.97 Å². The summed E-state index contributed by atoms with van der Waals surface area (Å²) in [6.45, 7) is 4.68. The molecule has 5 heterocycles. The number of ether oxygens (including phenoxy) is 1. The van der Waals surface area contributed by atoms with Gasteiger partial charge in [0.05, 0.1) is 52.4 Å². The maximum atomic E-state index is 13.6. The Morgan fingerprint density at radius 3 is 2.39 bits per heavy atom. The number of nitrogens with zero attached hydrogens (tertiary/aromatic N) is 4. The van der Waals surface area contributed by atoms with Crippen molar-refractivity contribution in [1.82, 2.24) is 19.4 Å². The zero-order valence-electron chi connectivity index (χ0n) is 21.3. The third-order valence-corrected chi connectivity index (χ3v) is 7.93. The topological polar surface area (TPSA) is 78.7 Å². The second kappa shape index (κ2) is 8.08.